The van der Waals surface area contributed by atoms with Crippen LogP contribution < -0.4 is 16.0 Å². The first-order valence-corrected chi connectivity index (χ1v) is 6.15. The summed E-state index contributed by atoms with van der Waals surface area (Å²) in [5.74, 6) is -0.248. The molecule has 5 heteroatoms. The van der Waals surface area contributed by atoms with Crippen molar-refractivity contribution in [3.63, 3.8) is 0 Å². The summed E-state index contributed by atoms with van der Waals surface area (Å²) in [5.41, 5.74) is 7.15. The Hall–Kier alpha value is -1.62. The summed E-state index contributed by atoms with van der Waals surface area (Å²) >= 11 is 0. The quantitative estimate of drug-likeness (QED) is 0.829. The van der Waals surface area contributed by atoms with Gasteiger partial charge < -0.3 is 16.0 Å². The second kappa shape index (κ2) is 5.35. The van der Waals surface area contributed by atoms with Gasteiger partial charge in [-0.1, -0.05) is 6.07 Å². The minimum atomic E-state index is -0.367. The fraction of sp³-hybridized carbons (Fsp3) is 0.462. The molecule has 1 fully saturated rings. The van der Waals surface area contributed by atoms with Crippen molar-refractivity contribution in [2.24, 2.45) is 5.73 Å². The van der Waals surface area contributed by atoms with Crippen molar-refractivity contribution in [2.75, 3.05) is 24.5 Å². The van der Waals surface area contributed by atoms with Crippen molar-refractivity contribution in [3.05, 3.63) is 29.6 Å². The van der Waals surface area contributed by atoms with Crippen molar-refractivity contribution in [1.82, 2.24) is 5.32 Å². The molecule has 4 nitrogen and oxygen atoms in total. The van der Waals surface area contributed by atoms with E-state index in [9.17, 15) is 9.18 Å². The molecule has 3 N–H and O–H groups in total. The SMILES string of the molecule is CC(N)c1c(F)cccc1N1CCNC(=O)CC1. The lowest BCUT2D eigenvalue weighted by molar-refractivity contribution is -0.120. The van der Waals surface area contributed by atoms with E-state index in [0.717, 1.165) is 5.69 Å². The van der Waals surface area contributed by atoms with Gasteiger partial charge in [-0.05, 0) is 19.1 Å². The maximum absolute atomic E-state index is 13.8. The summed E-state index contributed by atoms with van der Waals surface area (Å²) < 4.78 is 13.8. The third-order valence-corrected chi connectivity index (χ3v) is 3.14. The van der Waals surface area contributed by atoms with Crippen LogP contribution in [-0.2, 0) is 4.79 Å². The predicted octanol–water partition coefficient (Wildman–Crippen LogP) is 1.17. The van der Waals surface area contributed by atoms with E-state index < -0.39 is 0 Å². The van der Waals surface area contributed by atoms with Crippen LogP contribution in [0, 0.1) is 5.82 Å². The number of hydrogen-bond donors (Lipinski definition) is 2. The molecular weight excluding hydrogens is 233 g/mol. The number of nitrogens with one attached hydrogen (secondary N) is 1. The number of carbonyl (C=O) groups excluding carboxylic acids is 1. The van der Waals surface area contributed by atoms with Gasteiger partial charge in [0.05, 0.1) is 0 Å². The Bertz CT molecular complexity index is 448. The molecule has 2 rings (SSSR count). The lowest BCUT2D eigenvalue weighted by Gasteiger charge is -2.26. The predicted molar refractivity (Wildman–Crippen MR) is 68.8 cm³/mol. The molecule has 1 heterocycles. The number of rotatable bonds is 2. The van der Waals surface area contributed by atoms with Crippen LogP contribution in [0.4, 0.5) is 10.1 Å². The highest BCUT2D eigenvalue weighted by molar-refractivity contribution is 5.77. The molecular formula is C13H18FN3O. The Balaban J connectivity index is 2.32. The number of carbonyl (C=O) groups is 1. The molecule has 0 aliphatic carbocycles. The Morgan fingerprint density at radius 1 is 1.44 bits per heavy atom. The van der Waals surface area contributed by atoms with Crippen molar-refractivity contribution >= 4 is 11.6 Å². The Kier molecular flexibility index (Phi) is 3.81. The van der Waals surface area contributed by atoms with E-state index in [1.165, 1.54) is 6.07 Å². The molecule has 1 aromatic carbocycles. The lowest BCUT2D eigenvalue weighted by atomic mass is 10.0. The van der Waals surface area contributed by atoms with Crippen molar-refractivity contribution in [2.45, 2.75) is 19.4 Å². The Labute approximate surface area is 106 Å². The largest absolute Gasteiger partial charge is 0.369 e. The van der Waals surface area contributed by atoms with E-state index >= 15 is 0 Å². The molecule has 0 saturated carbocycles. The van der Waals surface area contributed by atoms with Crippen molar-refractivity contribution in [1.29, 1.82) is 0 Å². The third-order valence-electron chi connectivity index (χ3n) is 3.14. The molecule has 1 amide bonds. The Morgan fingerprint density at radius 2 is 2.22 bits per heavy atom. The molecule has 0 aromatic heterocycles. The zero-order chi connectivity index (χ0) is 13.1. The molecule has 18 heavy (non-hydrogen) atoms. The van der Waals surface area contributed by atoms with E-state index in [0.29, 0.717) is 31.6 Å². The molecule has 1 aromatic rings. The van der Waals surface area contributed by atoms with Gasteiger partial charge >= 0.3 is 0 Å². The number of benzene rings is 1. The second-order valence-corrected chi connectivity index (χ2v) is 4.55. The first-order valence-electron chi connectivity index (χ1n) is 6.15. The van der Waals surface area contributed by atoms with Crippen LogP contribution in [-0.4, -0.2) is 25.5 Å². The monoisotopic (exact) mass is 251 g/mol. The summed E-state index contributed by atoms with van der Waals surface area (Å²) in [7, 11) is 0. The lowest BCUT2D eigenvalue weighted by Crippen LogP contribution is -2.30. The van der Waals surface area contributed by atoms with Gasteiger partial charge in [-0.3, -0.25) is 4.79 Å². The molecule has 0 radical (unpaired) electrons. The smallest absolute Gasteiger partial charge is 0.221 e. The van der Waals surface area contributed by atoms with E-state index in [-0.39, 0.29) is 17.8 Å². The molecule has 0 bridgehead atoms. The summed E-state index contributed by atoms with van der Waals surface area (Å²) in [6, 6.07) is 4.59. The van der Waals surface area contributed by atoms with E-state index in [1.807, 2.05) is 11.0 Å². The molecule has 98 valence electrons. The summed E-state index contributed by atoms with van der Waals surface area (Å²) in [6.45, 7) is 3.61. The summed E-state index contributed by atoms with van der Waals surface area (Å²) in [5, 5.41) is 2.80. The van der Waals surface area contributed by atoms with Crippen LogP contribution in [0.15, 0.2) is 18.2 Å². The van der Waals surface area contributed by atoms with Gasteiger partial charge in [0.25, 0.3) is 0 Å². The average Bonchev–Trinajstić information content (AvgIpc) is 2.53. The van der Waals surface area contributed by atoms with Crippen molar-refractivity contribution in [3.8, 4) is 0 Å². The third kappa shape index (κ3) is 2.61. The zero-order valence-electron chi connectivity index (χ0n) is 10.4. The highest BCUT2D eigenvalue weighted by atomic mass is 19.1. The van der Waals surface area contributed by atoms with Gasteiger partial charge in [0.2, 0.25) is 5.91 Å². The number of nitrogens with zero attached hydrogens (tertiary/aromatic N) is 1. The second-order valence-electron chi connectivity index (χ2n) is 4.55. The van der Waals surface area contributed by atoms with Crippen LogP contribution in [0.5, 0.6) is 0 Å². The molecule has 1 aliphatic heterocycles. The number of anilines is 1. The van der Waals surface area contributed by atoms with E-state index in [2.05, 4.69) is 5.32 Å². The normalized spacial score (nSPS) is 18.2. The maximum atomic E-state index is 13.8. The fourth-order valence-electron chi connectivity index (χ4n) is 2.26. The minimum Gasteiger partial charge on any atom is -0.369 e. The molecule has 1 saturated heterocycles. The molecule has 1 aliphatic rings. The number of amides is 1. The first-order chi connectivity index (χ1) is 8.59. The molecule has 0 spiro atoms. The van der Waals surface area contributed by atoms with Crippen LogP contribution in [0.1, 0.15) is 24.9 Å². The van der Waals surface area contributed by atoms with E-state index in [4.69, 9.17) is 5.73 Å². The van der Waals surface area contributed by atoms with Gasteiger partial charge in [-0.25, -0.2) is 4.39 Å². The van der Waals surface area contributed by atoms with Gasteiger partial charge in [-0.2, -0.15) is 0 Å². The first kappa shape index (κ1) is 12.8. The van der Waals surface area contributed by atoms with Gasteiger partial charge in [-0.15, -0.1) is 0 Å². The van der Waals surface area contributed by atoms with Crippen LogP contribution in [0.2, 0.25) is 0 Å². The minimum absolute atomic E-state index is 0.0382. The maximum Gasteiger partial charge on any atom is 0.221 e. The fourth-order valence-corrected chi connectivity index (χ4v) is 2.26. The topological polar surface area (TPSA) is 58.4 Å². The zero-order valence-corrected chi connectivity index (χ0v) is 10.4. The average molecular weight is 251 g/mol. The number of hydrogen-bond acceptors (Lipinski definition) is 3. The Morgan fingerprint density at radius 3 is 2.94 bits per heavy atom. The number of nitrogens with two attached hydrogens (primary N) is 1. The van der Waals surface area contributed by atoms with Crippen LogP contribution >= 0.6 is 0 Å². The standard InChI is InChI=1S/C13H18FN3O/c1-9(15)13-10(14)3-2-4-11(13)17-7-5-12(18)16-6-8-17/h2-4,9H,5-8,15H2,1H3,(H,16,18). The molecule has 1 unspecified atom stereocenters. The van der Waals surface area contributed by atoms with Gasteiger partial charge in [0.15, 0.2) is 0 Å². The van der Waals surface area contributed by atoms with Crippen LogP contribution in [0.3, 0.4) is 0 Å². The number of halogens is 1. The van der Waals surface area contributed by atoms with Gasteiger partial charge in [0, 0.05) is 43.3 Å². The van der Waals surface area contributed by atoms with E-state index in [1.54, 1.807) is 13.0 Å². The summed E-state index contributed by atoms with van der Waals surface area (Å²) in [6.07, 6.45) is 0.426. The van der Waals surface area contributed by atoms with Crippen molar-refractivity contribution < 1.29 is 9.18 Å². The highest BCUT2D eigenvalue weighted by Gasteiger charge is 2.20. The highest BCUT2D eigenvalue weighted by Crippen LogP contribution is 2.28. The van der Waals surface area contributed by atoms with Gasteiger partial charge in [0.1, 0.15) is 5.82 Å². The molecule has 1 atom stereocenters. The van der Waals surface area contributed by atoms with Crippen LogP contribution in [0.25, 0.3) is 0 Å². The summed E-state index contributed by atoms with van der Waals surface area (Å²) in [4.78, 5) is 13.3.